The van der Waals surface area contributed by atoms with Crippen molar-refractivity contribution in [1.82, 2.24) is 0 Å². The van der Waals surface area contributed by atoms with E-state index in [4.69, 9.17) is 9.15 Å². The molecule has 0 spiro atoms. The van der Waals surface area contributed by atoms with E-state index >= 15 is 0 Å². The Morgan fingerprint density at radius 3 is 2.05 bits per heavy atom. The summed E-state index contributed by atoms with van der Waals surface area (Å²) in [5.41, 5.74) is -2.43. The van der Waals surface area contributed by atoms with Gasteiger partial charge in [0, 0.05) is 10.8 Å². The van der Waals surface area contributed by atoms with Crippen LogP contribution in [0.5, 0.6) is 5.75 Å². The second-order valence-electron chi connectivity index (χ2n) is 4.36. The van der Waals surface area contributed by atoms with Gasteiger partial charge in [-0.2, -0.15) is 17.6 Å². The maximum atomic E-state index is 14.0. The SMILES string of the molecule is COc1ccc2c(oc3c(F)c(C(F)(F)F)ccc32)c1F. The Kier molecular flexibility index (Phi) is 2.82. The van der Waals surface area contributed by atoms with Crippen LogP contribution in [0.1, 0.15) is 5.56 Å². The number of halogens is 5. The molecule has 0 amide bonds. The number of methoxy groups -OCH3 is 1. The largest absolute Gasteiger partial charge is 0.494 e. The molecular weight excluding hydrogens is 295 g/mol. The number of fused-ring (bicyclic) bond motifs is 3. The summed E-state index contributed by atoms with van der Waals surface area (Å²) in [5, 5.41) is 0.243. The third-order valence-electron chi connectivity index (χ3n) is 3.18. The van der Waals surface area contributed by atoms with E-state index in [9.17, 15) is 22.0 Å². The highest BCUT2D eigenvalue weighted by Gasteiger charge is 2.36. The van der Waals surface area contributed by atoms with Crippen LogP contribution in [0.4, 0.5) is 22.0 Å². The van der Waals surface area contributed by atoms with Crippen molar-refractivity contribution in [3.05, 3.63) is 41.5 Å². The van der Waals surface area contributed by atoms with Crippen molar-refractivity contribution in [3.63, 3.8) is 0 Å². The lowest BCUT2D eigenvalue weighted by Gasteiger charge is -2.07. The predicted molar refractivity (Wildman–Crippen MR) is 65.2 cm³/mol. The molecule has 1 heterocycles. The molecule has 0 N–H and O–H groups in total. The van der Waals surface area contributed by atoms with Crippen molar-refractivity contribution in [2.45, 2.75) is 6.18 Å². The van der Waals surface area contributed by atoms with Crippen molar-refractivity contribution < 1.29 is 31.1 Å². The molecule has 21 heavy (non-hydrogen) atoms. The first-order valence-corrected chi connectivity index (χ1v) is 5.79. The Morgan fingerprint density at radius 2 is 1.48 bits per heavy atom. The fourth-order valence-electron chi connectivity index (χ4n) is 2.20. The number of ether oxygens (including phenoxy) is 1. The first kappa shape index (κ1) is 13.7. The number of rotatable bonds is 1. The fraction of sp³-hybridized carbons (Fsp3) is 0.143. The number of hydrogen-bond acceptors (Lipinski definition) is 2. The molecule has 0 aliphatic rings. The minimum Gasteiger partial charge on any atom is -0.494 e. The van der Waals surface area contributed by atoms with Crippen LogP contribution in [-0.4, -0.2) is 7.11 Å². The minimum absolute atomic E-state index is 0.0667. The molecule has 0 bridgehead atoms. The molecule has 1 aromatic heterocycles. The summed E-state index contributed by atoms with van der Waals surface area (Å²) < 4.78 is 75.6. The summed E-state index contributed by atoms with van der Waals surface area (Å²) >= 11 is 0. The summed E-state index contributed by atoms with van der Waals surface area (Å²) in [6, 6.07) is 4.35. The van der Waals surface area contributed by atoms with Gasteiger partial charge in [-0.25, -0.2) is 4.39 Å². The van der Waals surface area contributed by atoms with E-state index in [2.05, 4.69) is 0 Å². The number of benzene rings is 2. The summed E-state index contributed by atoms with van der Waals surface area (Å²) in [4.78, 5) is 0. The van der Waals surface area contributed by atoms with Crippen molar-refractivity contribution in [1.29, 1.82) is 0 Å². The number of alkyl halides is 3. The monoisotopic (exact) mass is 302 g/mol. The van der Waals surface area contributed by atoms with Gasteiger partial charge in [-0.3, -0.25) is 0 Å². The molecule has 0 aliphatic carbocycles. The van der Waals surface area contributed by atoms with Gasteiger partial charge in [0.2, 0.25) is 5.82 Å². The van der Waals surface area contributed by atoms with Crippen molar-refractivity contribution in [2.75, 3.05) is 7.11 Å². The molecule has 0 unspecified atom stereocenters. The molecule has 0 atom stereocenters. The molecule has 0 fully saturated rings. The van der Waals surface area contributed by atoms with E-state index in [1.54, 1.807) is 0 Å². The average Bonchev–Trinajstić information content (AvgIpc) is 2.79. The molecule has 3 rings (SSSR count). The quantitative estimate of drug-likeness (QED) is 0.597. The van der Waals surface area contributed by atoms with Crippen LogP contribution >= 0.6 is 0 Å². The Morgan fingerprint density at radius 1 is 0.905 bits per heavy atom. The second-order valence-corrected chi connectivity index (χ2v) is 4.36. The zero-order valence-electron chi connectivity index (χ0n) is 10.5. The standard InChI is InChI=1S/C14H7F5O2/c1-20-9-5-3-7-6-2-4-8(14(17,18)19)10(15)12(6)21-13(7)11(9)16/h2-5H,1H3. The van der Waals surface area contributed by atoms with Crippen molar-refractivity contribution >= 4 is 21.9 Å². The Balaban J connectivity index is 2.41. The first-order valence-electron chi connectivity index (χ1n) is 5.79. The van der Waals surface area contributed by atoms with Crippen LogP contribution in [-0.2, 0) is 6.18 Å². The normalized spacial score (nSPS) is 12.3. The molecule has 2 nitrogen and oxygen atoms in total. The van der Waals surface area contributed by atoms with Gasteiger partial charge >= 0.3 is 6.18 Å². The zero-order valence-corrected chi connectivity index (χ0v) is 10.5. The van der Waals surface area contributed by atoms with Gasteiger partial charge in [-0.05, 0) is 24.3 Å². The van der Waals surface area contributed by atoms with E-state index in [1.165, 1.54) is 19.2 Å². The maximum Gasteiger partial charge on any atom is 0.419 e. The molecule has 0 saturated heterocycles. The summed E-state index contributed by atoms with van der Waals surface area (Å²) in [6.07, 6.45) is -4.85. The summed E-state index contributed by atoms with van der Waals surface area (Å²) in [7, 11) is 1.23. The molecule has 0 aliphatic heterocycles. The fourth-order valence-corrected chi connectivity index (χ4v) is 2.20. The van der Waals surface area contributed by atoms with Crippen LogP contribution in [0.25, 0.3) is 21.9 Å². The van der Waals surface area contributed by atoms with Crippen LogP contribution in [0.2, 0.25) is 0 Å². The zero-order chi connectivity index (χ0) is 15.4. The van der Waals surface area contributed by atoms with Gasteiger partial charge in [0.15, 0.2) is 22.7 Å². The van der Waals surface area contributed by atoms with Crippen LogP contribution < -0.4 is 4.74 Å². The van der Waals surface area contributed by atoms with E-state index in [0.717, 1.165) is 6.07 Å². The average molecular weight is 302 g/mol. The van der Waals surface area contributed by atoms with Gasteiger partial charge in [0.05, 0.1) is 12.7 Å². The minimum atomic E-state index is -4.85. The lowest BCUT2D eigenvalue weighted by molar-refractivity contribution is -0.139. The van der Waals surface area contributed by atoms with Crippen molar-refractivity contribution in [3.8, 4) is 5.75 Å². The Bertz CT molecular complexity index is 848. The first-order chi connectivity index (χ1) is 9.84. The highest BCUT2D eigenvalue weighted by Crippen LogP contribution is 2.39. The smallest absolute Gasteiger partial charge is 0.419 e. The molecule has 7 heteroatoms. The third-order valence-corrected chi connectivity index (χ3v) is 3.18. The predicted octanol–water partition coefficient (Wildman–Crippen LogP) is 4.89. The Labute approximate surface area is 114 Å². The van der Waals surface area contributed by atoms with E-state index in [-0.39, 0.29) is 22.1 Å². The van der Waals surface area contributed by atoms with Gasteiger partial charge < -0.3 is 9.15 Å². The van der Waals surface area contributed by atoms with Crippen LogP contribution in [0, 0.1) is 11.6 Å². The highest BCUT2D eigenvalue weighted by molar-refractivity contribution is 6.05. The van der Waals surface area contributed by atoms with Gasteiger partial charge in [0.1, 0.15) is 0 Å². The number of hydrogen-bond donors (Lipinski definition) is 0. The van der Waals surface area contributed by atoms with Crippen molar-refractivity contribution in [2.24, 2.45) is 0 Å². The number of furan rings is 1. The summed E-state index contributed by atoms with van der Waals surface area (Å²) in [6.45, 7) is 0. The lowest BCUT2D eigenvalue weighted by Crippen LogP contribution is -2.07. The van der Waals surface area contributed by atoms with Gasteiger partial charge in [-0.1, -0.05) is 0 Å². The molecule has 2 aromatic carbocycles. The molecule has 110 valence electrons. The third kappa shape index (κ3) is 1.91. The topological polar surface area (TPSA) is 22.4 Å². The molecule has 0 radical (unpaired) electrons. The maximum absolute atomic E-state index is 14.0. The molecule has 0 saturated carbocycles. The lowest BCUT2D eigenvalue weighted by atomic mass is 10.1. The van der Waals surface area contributed by atoms with Gasteiger partial charge in [-0.15, -0.1) is 0 Å². The van der Waals surface area contributed by atoms with E-state index in [0.29, 0.717) is 6.07 Å². The van der Waals surface area contributed by atoms with E-state index in [1.807, 2.05) is 0 Å². The second kappa shape index (κ2) is 4.34. The highest BCUT2D eigenvalue weighted by atomic mass is 19.4. The molecular formula is C14H7F5O2. The summed E-state index contributed by atoms with van der Waals surface area (Å²) in [5.74, 6) is -2.59. The van der Waals surface area contributed by atoms with Crippen LogP contribution in [0.15, 0.2) is 28.7 Å². The van der Waals surface area contributed by atoms with Crippen LogP contribution in [0.3, 0.4) is 0 Å². The molecule has 3 aromatic rings. The van der Waals surface area contributed by atoms with E-state index < -0.39 is 29.0 Å². The Hall–Kier alpha value is -2.31. The van der Waals surface area contributed by atoms with Gasteiger partial charge in [0.25, 0.3) is 0 Å².